The van der Waals surface area contributed by atoms with E-state index in [-0.39, 0.29) is 0 Å². The fourth-order valence-corrected chi connectivity index (χ4v) is 2.92. The Morgan fingerprint density at radius 2 is 1.89 bits per heavy atom. The Labute approximate surface area is 118 Å². The maximum Gasteiger partial charge on any atom is 0.154 e. The molecule has 1 aromatic heterocycles. The van der Waals surface area contributed by atoms with Crippen molar-refractivity contribution in [2.24, 2.45) is 7.05 Å². The molecule has 0 unspecified atom stereocenters. The quantitative estimate of drug-likeness (QED) is 0.795. The van der Waals surface area contributed by atoms with Crippen molar-refractivity contribution in [2.75, 3.05) is 0 Å². The molecule has 0 amide bonds. The molecule has 2 aromatic rings. The minimum Gasteiger partial charge on any atom is -0.298 e. The number of aldehydes is 1. The second-order valence-electron chi connectivity index (χ2n) is 4.87. The zero-order valence-corrected chi connectivity index (χ0v) is 12.5. The Balaban J connectivity index is 2.28. The summed E-state index contributed by atoms with van der Waals surface area (Å²) in [4.78, 5) is 12.2. The lowest BCUT2D eigenvalue weighted by molar-refractivity contribution is 0.112. The lowest BCUT2D eigenvalue weighted by Crippen LogP contribution is -1.93. The van der Waals surface area contributed by atoms with Crippen molar-refractivity contribution in [1.82, 2.24) is 9.78 Å². The smallest absolute Gasteiger partial charge is 0.154 e. The highest BCUT2D eigenvalue weighted by atomic mass is 32.2. The molecule has 100 valence electrons. The number of hydrogen-bond donors (Lipinski definition) is 0. The fraction of sp³-hybridized carbons (Fsp3) is 0.333. The van der Waals surface area contributed by atoms with E-state index in [9.17, 15) is 4.79 Å². The molecule has 19 heavy (non-hydrogen) atoms. The van der Waals surface area contributed by atoms with E-state index < -0.39 is 0 Å². The molecule has 0 aliphatic rings. The first-order chi connectivity index (χ1) is 9.02. The summed E-state index contributed by atoms with van der Waals surface area (Å²) < 4.78 is 1.76. The first kappa shape index (κ1) is 13.9. The maximum atomic E-state index is 11.1. The summed E-state index contributed by atoms with van der Waals surface area (Å²) >= 11 is 1.58. The van der Waals surface area contributed by atoms with Gasteiger partial charge in [-0.2, -0.15) is 5.10 Å². The molecule has 0 radical (unpaired) electrons. The molecule has 0 saturated carbocycles. The van der Waals surface area contributed by atoms with Crippen molar-refractivity contribution in [1.29, 1.82) is 0 Å². The molecule has 3 nitrogen and oxygen atoms in total. The van der Waals surface area contributed by atoms with Gasteiger partial charge < -0.3 is 0 Å². The van der Waals surface area contributed by atoms with Crippen LogP contribution in [0.3, 0.4) is 0 Å². The van der Waals surface area contributed by atoms with Gasteiger partial charge in [-0.3, -0.25) is 9.48 Å². The molecule has 0 fully saturated rings. The van der Waals surface area contributed by atoms with Crippen molar-refractivity contribution < 1.29 is 4.79 Å². The van der Waals surface area contributed by atoms with Crippen LogP contribution >= 0.6 is 11.8 Å². The van der Waals surface area contributed by atoms with E-state index in [0.29, 0.717) is 11.5 Å². The van der Waals surface area contributed by atoms with E-state index in [1.807, 2.05) is 14.0 Å². The van der Waals surface area contributed by atoms with Gasteiger partial charge in [0.1, 0.15) is 5.03 Å². The van der Waals surface area contributed by atoms with Crippen LogP contribution in [0.1, 0.15) is 41.4 Å². The SMILES string of the molecule is Cc1nn(C)c(Sc2ccc(C(C)C)cc2)c1C=O. The van der Waals surface area contributed by atoms with E-state index in [0.717, 1.165) is 21.9 Å². The van der Waals surface area contributed by atoms with Crippen LogP contribution in [0, 0.1) is 6.92 Å². The van der Waals surface area contributed by atoms with E-state index in [4.69, 9.17) is 0 Å². The molecule has 4 heteroatoms. The van der Waals surface area contributed by atoms with Crippen LogP contribution < -0.4 is 0 Å². The zero-order chi connectivity index (χ0) is 14.0. The van der Waals surface area contributed by atoms with Crippen LogP contribution in [-0.4, -0.2) is 16.1 Å². The third kappa shape index (κ3) is 2.89. The van der Waals surface area contributed by atoms with Crippen molar-refractivity contribution in [3.8, 4) is 0 Å². The Kier molecular flexibility index (Phi) is 4.10. The first-order valence-corrected chi connectivity index (χ1v) is 7.11. The van der Waals surface area contributed by atoms with Crippen LogP contribution in [-0.2, 0) is 7.05 Å². The Morgan fingerprint density at radius 3 is 2.42 bits per heavy atom. The summed E-state index contributed by atoms with van der Waals surface area (Å²) in [7, 11) is 1.87. The first-order valence-electron chi connectivity index (χ1n) is 6.29. The molecular formula is C15H18N2OS. The summed E-state index contributed by atoms with van der Waals surface area (Å²) in [5.74, 6) is 0.531. The third-order valence-electron chi connectivity index (χ3n) is 3.09. The van der Waals surface area contributed by atoms with Gasteiger partial charge in [0.2, 0.25) is 0 Å². The highest BCUT2D eigenvalue weighted by Crippen LogP contribution is 2.31. The van der Waals surface area contributed by atoms with Gasteiger partial charge in [-0.15, -0.1) is 0 Å². The van der Waals surface area contributed by atoms with Crippen molar-refractivity contribution in [3.05, 3.63) is 41.1 Å². The van der Waals surface area contributed by atoms with Crippen LogP contribution in [0.25, 0.3) is 0 Å². The standard InChI is InChI=1S/C15H18N2OS/c1-10(2)12-5-7-13(8-6-12)19-15-14(9-18)11(3)16-17(15)4/h5-10H,1-4H3. The number of rotatable bonds is 4. The van der Waals surface area contributed by atoms with Crippen LogP contribution in [0.4, 0.5) is 0 Å². The summed E-state index contributed by atoms with van der Waals surface area (Å²) in [5, 5.41) is 5.18. The second kappa shape index (κ2) is 5.61. The molecule has 0 saturated heterocycles. The average Bonchev–Trinajstić information content (AvgIpc) is 2.64. The molecule has 0 atom stereocenters. The van der Waals surface area contributed by atoms with Gasteiger partial charge in [0, 0.05) is 11.9 Å². The molecule has 1 aromatic carbocycles. The number of aryl methyl sites for hydroxylation is 2. The van der Waals surface area contributed by atoms with Crippen LogP contribution in [0.15, 0.2) is 34.2 Å². The van der Waals surface area contributed by atoms with Gasteiger partial charge in [-0.1, -0.05) is 37.7 Å². The fourth-order valence-electron chi connectivity index (χ4n) is 1.94. The predicted octanol–water partition coefficient (Wildman–Crippen LogP) is 3.82. The molecule has 1 heterocycles. The van der Waals surface area contributed by atoms with E-state index in [1.54, 1.807) is 16.4 Å². The number of carbonyl (C=O) groups is 1. The normalized spacial score (nSPS) is 11.0. The van der Waals surface area contributed by atoms with Gasteiger partial charge in [0.25, 0.3) is 0 Å². The lowest BCUT2D eigenvalue weighted by atomic mass is 10.0. The minimum absolute atomic E-state index is 0.531. The van der Waals surface area contributed by atoms with Gasteiger partial charge in [0.05, 0.1) is 11.3 Å². The van der Waals surface area contributed by atoms with E-state index >= 15 is 0 Å². The second-order valence-corrected chi connectivity index (χ2v) is 5.93. The van der Waals surface area contributed by atoms with E-state index in [2.05, 4.69) is 43.2 Å². The molecule has 0 spiro atoms. The van der Waals surface area contributed by atoms with Crippen LogP contribution in [0.2, 0.25) is 0 Å². The van der Waals surface area contributed by atoms with Gasteiger partial charge in [-0.05, 0) is 30.5 Å². The zero-order valence-electron chi connectivity index (χ0n) is 11.7. The molecule has 0 N–H and O–H groups in total. The predicted molar refractivity (Wildman–Crippen MR) is 78.0 cm³/mol. The molecule has 0 bridgehead atoms. The lowest BCUT2D eigenvalue weighted by Gasteiger charge is -2.07. The topological polar surface area (TPSA) is 34.9 Å². The number of hydrogen-bond acceptors (Lipinski definition) is 3. The number of aromatic nitrogens is 2. The van der Waals surface area contributed by atoms with Crippen molar-refractivity contribution in [3.63, 3.8) is 0 Å². The highest BCUT2D eigenvalue weighted by Gasteiger charge is 2.13. The van der Waals surface area contributed by atoms with E-state index in [1.165, 1.54) is 5.56 Å². The summed E-state index contributed by atoms with van der Waals surface area (Å²) in [6.07, 6.45) is 0.882. The number of nitrogens with zero attached hydrogens (tertiary/aromatic N) is 2. The third-order valence-corrected chi connectivity index (χ3v) is 4.28. The molecule has 0 aliphatic carbocycles. The highest BCUT2D eigenvalue weighted by molar-refractivity contribution is 7.99. The van der Waals surface area contributed by atoms with Crippen molar-refractivity contribution in [2.45, 2.75) is 36.6 Å². The largest absolute Gasteiger partial charge is 0.298 e. The average molecular weight is 274 g/mol. The monoisotopic (exact) mass is 274 g/mol. The van der Waals surface area contributed by atoms with Gasteiger partial charge in [-0.25, -0.2) is 0 Å². The van der Waals surface area contributed by atoms with Gasteiger partial charge in [0.15, 0.2) is 6.29 Å². The van der Waals surface area contributed by atoms with Gasteiger partial charge >= 0.3 is 0 Å². The molecule has 0 aliphatic heterocycles. The van der Waals surface area contributed by atoms with Crippen molar-refractivity contribution >= 4 is 18.0 Å². The summed E-state index contributed by atoms with van der Waals surface area (Å²) in [5.41, 5.74) is 2.78. The Morgan fingerprint density at radius 1 is 1.26 bits per heavy atom. The van der Waals surface area contributed by atoms with Crippen LogP contribution in [0.5, 0.6) is 0 Å². The maximum absolute atomic E-state index is 11.1. The Bertz CT molecular complexity index is 585. The number of benzene rings is 1. The minimum atomic E-state index is 0.531. The molecular weight excluding hydrogens is 256 g/mol. The summed E-state index contributed by atoms with van der Waals surface area (Å²) in [6, 6.07) is 8.46. The number of carbonyl (C=O) groups excluding carboxylic acids is 1. The Hall–Kier alpha value is -1.55. The molecule has 2 rings (SSSR count). The summed E-state index contributed by atoms with van der Waals surface area (Å²) in [6.45, 7) is 6.21.